The van der Waals surface area contributed by atoms with Crippen molar-refractivity contribution in [3.05, 3.63) is 30.0 Å². The minimum Gasteiger partial charge on any atom is -0.471 e. The van der Waals surface area contributed by atoms with Gasteiger partial charge in [-0.3, -0.25) is 19.1 Å². The molecule has 3 aliphatic carbocycles. The van der Waals surface area contributed by atoms with E-state index in [1.807, 2.05) is 6.92 Å². The van der Waals surface area contributed by atoms with Crippen LogP contribution in [0.5, 0.6) is 5.88 Å². The molecule has 1 aromatic carbocycles. The highest BCUT2D eigenvalue weighted by Crippen LogP contribution is 2.48. The highest BCUT2D eigenvalue weighted by Gasteiger charge is 2.63. The highest BCUT2D eigenvalue weighted by molar-refractivity contribution is 7.91. The number of carbonyl (C=O) groups is 4. The topological polar surface area (TPSA) is 186 Å². The lowest BCUT2D eigenvalue weighted by Crippen LogP contribution is -2.61. The van der Waals surface area contributed by atoms with Crippen LogP contribution >= 0.6 is 0 Å². The summed E-state index contributed by atoms with van der Waals surface area (Å²) in [4.78, 5) is 66.6. The average Bonchev–Trinajstić information content (AvgIpc) is 4.05. The number of hydrogen-bond donors (Lipinski definition) is 3. The number of alkyl halides is 2. The second-order valence-electron chi connectivity index (χ2n) is 17.3. The molecule has 3 heterocycles. The molecule has 8 atom stereocenters. The van der Waals surface area contributed by atoms with Gasteiger partial charge in [0.25, 0.3) is 11.8 Å². The molecule has 2 bridgehead atoms. The van der Waals surface area contributed by atoms with E-state index in [1.165, 1.54) is 4.90 Å². The fourth-order valence-corrected chi connectivity index (χ4v) is 9.79. The number of alkyl carbamates (subject to hydrolysis) is 1. The predicted molar refractivity (Wildman–Crippen MR) is 200 cm³/mol. The molecule has 3 N–H and O–H groups in total. The van der Waals surface area contributed by atoms with Crippen molar-refractivity contribution in [2.75, 3.05) is 6.54 Å². The predicted octanol–water partition coefficient (Wildman–Crippen LogP) is 4.70. The van der Waals surface area contributed by atoms with Crippen LogP contribution in [0.15, 0.2) is 24.3 Å². The summed E-state index contributed by atoms with van der Waals surface area (Å²) in [6.07, 6.45) is 0.758. The van der Waals surface area contributed by atoms with Gasteiger partial charge in [0.1, 0.15) is 29.8 Å². The largest absolute Gasteiger partial charge is 0.471 e. The molecule has 1 saturated heterocycles. The number of amides is 4. The van der Waals surface area contributed by atoms with Gasteiger partial charge in [-0.2, -0.15) is 8.78 Å². The van der Waals surface area contributed by atoms with Crippen LogP contribution in [0.2, 0.25) is 0 Å². The summed E-state index contributed by atoms with van der Waals surface area (Å²) in [5, 5.41) is 4.92. The highest BCUT2D eigenvalue weighted by atomic mass is 32.2. The number of carbonyl (C=O) groups excluding carboxylic acids is 4. The molecule has 4 amide bonds. The molecule has 1 unspecified atom stereocenters. The number of nitrogens with one attached hydrogen (secondary N) is 3. The van der Waals surface area contributed by atoms with E-state index in [4.69, 9.17) is 9.47 Å². The molecular weight excluding hydrogens is 751 g/mol. The van der Waals surface area contributed by atoms with Gasteiger partial charge in [-0.15, -0.1) is 0 Å². The van der Waals surface area contributed by atoms with Crippen molar-refractivity contribution < 1.29 is 45.9 Å². The van der Waals surface area contributed by atoms with Gasteiger partial charge in [0.05, 0.1) is 22.8 Å². The number of fused-ring (bicyclic) bond motifs is 5. The molecule has 17 heteroatoms. The molecule has 56 heavy (non-hydrogen) atoms. The molecule has 1 aromatic heterocycles. The number of ether oxygens (including phenoxy) is 2. The number of nitrogens with zero attached hydrogens (tertiary/aromatic N) is 3. The number of hydrogen-bond acceptors (Lipinski definition) is 10. The Bertz CT molecular complexity index is 2010. The number of aromatic nitrogens is 2. The maximum Gasteiger partial charge on any atom is 0.408 e. The Morgan fingerprint density at radius 2 is 1.70 bits per heavy atom. The lowest BCUT2D eigenvalue weighted by Gasteiger charge is -2.36. The molecule has 3 saturated carbocycles. The molecule has 2 aromatic rings. The third kappa shape index (κ3) is 7.88. The van der Waals surface area contributed by atoms with Crippen LogP contribution in [0.25, 0.3) is 11.0 Å². The van der Waals surface area contributed by atoms with E-state index in [2.05, 4.69) is 25.3 Å². The zero-order valence-electron chi connectivity index (χ0n) is 32.5. The van der Waals surface area contributed by atoms with E-state index in [9.17, 15) is 27.6 Å². The zero-order chi connectivity index (χ0) is 40.4. The van der Waals surface area contributed by atoms with Crippen LogP contribution in [0.1, 0.15) is 105 Å². The van der Waals surface area contributed by atoms with Crippen molar-refractivity contribution in [1.29, 1.82) is 0 Å². The molecule has 0 spiro atoms. The van der Waals surface area contributed by atoms with Crippen LogP contribution in [-0.2, 0) is 35.1 Å². The van der Waals surface area contributed by atoms with Gasteiger partial charge < -0.3 is 25.0 Å². The summed E-state index contributed by atoms with van der Waals surface area (Å²) in [7, 11) is -3.94. The first-order chi connectivity index (χ1) is 26.4. The summed E-state index contributed by atoms with van der Waals surface area (Å²) in [5.74, 6) is -7.24. The minimum atomic E-state index is -3.94. The van der Waals surface area contributed by atoms with Gasteiger partial charge >= 0.3 is 6.09 Å². The first-order valence-electron chi connectivity index (χ1n) is 19.9. The number of halogens is 2. The van der Waals surface area contributed by atoms with Crippen molar-refractivity contribution in [2.45, 2.75) is 140 Å². The molecule has 0 radical (unpaired) electrons. The summed E-state index contributed by atoms with van der Waals surface area (Å²) < 4.78 is 72.4. The minimum absolute atomic E-state index is 0.00674. The lowest BCUT2D eigenvalue weighted by molar-refractivity contribution is -0.143. The quantitative estimate of drug-likeness (QED) is 0.355. The van der Waals surface area contributed by atoms with Crippen LogP contribution in [0.4, 0.5) is 13.6 Å². The number of para-hydroxylation sites is 2. The Hall–Kier alpha value is -4.15. The van der Waals surface area contributed by atoms with Crippen molar-refractivity contribution in [3.8, 4) is 5.88 Å². The third-order valence-corrected chi connectivity index (χ3v) is 13.9. The van der Waals surface area contributed by atoms with Gasteiger partial charge in [0.2, 0.25) is 27.7 Å². The average molecular weight is 803 g/mol. The summed E-state index contributed by atoms with van der Waals surface area (Å²) in [5.41, 5.74) is -2.49. The van der Waals surface area contributed by atoms with Crippen molar-refractivity contribution in [2.24, 2.45) is 23.2 Å². The van der Waals surface area contributed by atoms with Gasteiger partial charge in [-0.1, -0.05) is 59.6 Å². The Balaban J connectivity index is 1.28. The van der Waals surface area contributed by atoms with Gasteiger partial charge in [-0.05, 0) is 74.3 Å². The summed E-state index contributed by atoms with van der Waals surface area (Å²) >= 11 is 0. The van der Waals surface area contributed by atoms with Crippen molar-refractivity contribution in [1.82, 2.24) is 30.2 Å². The fraction of sp³-hybridized carbons (Fsp3) is 0.692. The fourth-order valence-electron chi connectivity index (χ4n) is 8.43. The van der Waals surface area contributed by atoms with Crippen LogP contribution in [-0.4, -0.2) is 88.7 Å². The van der Waals surface area contributed by atoms with Crippen molar-refractivity contribution >= 4 is 44.9 Å². The molecule has 5 aliphatic rings. The van der Waals surface area contributed by atoms with E-state index in [-0.39, 0.29) is 43.2 Å². The normalized spacial score (nSPS) is 32.1. The third-order valence-electron chi connectivity index (χ3n) is 12.1. The summed E-state index contributed by atoms with van der Waals surface area (Å²) in [6, 6.07) is 4.10. The van der Waals surface area contributed by atoms with Crippen LogP contribution in [0, 0.1) is 23.2 Å². The first kappa shape index (κ1) is 40.1. The van der Waals surface area contributed by atoms with Crippen LogP contribution in [0.3, 0.4) is 0 Å². The van der Waals surface area contributed by atoms with Crippen molar-refractivity contribution in [3.63, 3.8) is 0 Å². The molecule has 14 nitrogen and oxygen atoms in total. The Labute approximate surface area is 325 Å². The Morgan fingerprint density at radius 1 is 1.00 bits per heavy atom. The summed E-state index contributed by atoms with van der Waals surface area (Å²) in [6.45, 7) is 8.61. The number of sulfonamides is 1. The van der Waals surface area contributed by atoms with Gasteiger partial charge in [-0.25, -0.2) is 23.2 Å². The molecule has 2 aliphatic heterocycles. The van der Waals surface area contributed by atoms with E-state index in [1.54, 1.807) is 52.0 Å². The first-order valence-corrected chi connectivity index (χ1v) is 21.4. The SMILES string of the molecule is CC[C@@H]1[C@@H]2CN(C(=O)C(C(C)(C)C)NC(=O)O[C@@H]3C[C@H]3CCCCC(F)(F)c3nc4ccccc4nc3O2)[C@@H]1C(=O)N[C@]1(C(=O)NS(=O)(=O)C2CC2)C[C@H]1CC. The van der Waals surface area contributed by atoms with Gasteiger partial charge in [0.15, 0.2) is 5.69 Å². The second-order valence-corrected chi connectivity index (χ2v) is 19.3. The van der Waals surface area contributed by atoms with E-state index in [0.717, 1.165) is 0 Å². The van der Waals surface area contributed by atoms with E-state index < -0.39 is 104 Å². The standard InChI is InChI=1S/C39H52F2N6O8S/c1-6-22-19-38(22,35(50)46-56(52,53)23-15-16-23)45-32(48)29-24(7-2)28-20-47(29)34(49)31(37(3,4)5)44-36(51)55-27-18-21(27)12-10-11-17-39(40,41)30-33(54-28)43-26-14-9-8-13-25(26)42-30/h8-9,13-14,21-24,27-29,31H,6-7,10-12,15-20H2,1-5H3,(H,44,51)(H,45,48)(H,46,50)/t21-,22-,24-,27-,28+,29+,31?,38-/m1/s1. The number of rotatable bonds is 7. The Morgan fingerprint density at radius 3 is 2.32 bits per heavy atom. The monoisotopic (exact) mass is 802 g/mol. The second kappa shape index (κ2) is 14.7. The van der Waals surface area contributed by atoms with E-state index >= 15 is 8.78 Å². The number of benzene rings is 1. The smallest absolute Gasteiger partial charge is 0.408 e. The molecular formula is C39H52F2N6O8S. The maximum absolute atomic E-state index is 16.2. The molecule has 306 valence electrons. The molecule has 4 fully saturated rings. The van der Waals surface area contributed by atoms with E-state index in [0.29, 0.717) is 44.0 Å². The zero-order valence-corrected chi connectivity index (χ0v) is 33.3. The maximum atomic E-state index is 16.2. The Kier molecular flexibility index (Phi) is 10.5. The van der Waals surface area contributed by atoms with Crippen LogP contribution < -0.4 is 20.1 Å². The lowest BCUT2D eigenvalue weighted by atomic mass is 9.85. The molecule has 7 rings (SSSR count). The van der Waals surface area contributed by atoms with Gasteiger partial charge in [0, 0.05) is 12.3 Å².